The Morgan fingerprint density at radius 3 is 2.78 bits per heavy atom. The minimum atomic E-state index is -0.624. The molecule has 1 unspecified atom stereocenters. The first kappa shape index (κ1) is 12.8. The molecule has 1 aromatic heterocycles. The number of methoxy groups -OCH3 is 1. The maximum absolute atomic E-state index is 12.4. The lowest BCUT2D eigenvalue weighted by Crippen LogP contribution is -2.21. The van der Waals surface area contributed by atoms with Crippen LogP contribution in [0.1, 0.15) is 26.8 Å². The van der Waals surface area contributed by atoms with E-state index in [0.717, 1.165) is 10.4 Å². The fraction of sp³-hybridized carbons (Fsp3) is 0.214. The van der Waals surface area contributed by atoms with E-state index in [4.69, 9.17) is 10.5 Å². The minimum Gasteiger partial charge on any atom is -0.496 e. The second-order valence-electron chi connectivity index (χ2n) is 4.06. The maximum Gasteiger partial charge on any atom is 0.188 e. The molecule has 3 nitrogen and oxygen atoms in total. The zero-order valence-corrected chi connectivity index (χ0v) is 11.2. The van der Waals surface area contributed by atoms with Gasteiger partial charge in [-0.25, -0.2) is 0 Å². The van der Waals surface area contributed by atoms with Gasteiger partial charge in [-0.15, -0.1) is 11.3 Å². The first-order valence-corrected chi connectivity index (χ1v) is 6.49. The zero-order chi connectivity index (χ0) is 13.1. The number of hydrogen-bond donors (Lipinski definition) is 1. The van der Waals surface area contributed by atoms with Gasteiger partial charge in [0.25, 0.3) is 0 Å². The number of nitrogens with two attached hydrogens (primary N) is 1. The molecule has 0 amide bonds. The van der Waals surface area contributed by atoms with Crippen LogP contribution in [0.15, 0.2) is 35.7 Å². The number of Topliss-reactive ketones (excluding diaryl/α,β-unsaturated/α-hetero) is 1. The van der Waals surface area contributed by atoms with E-state index in [-0.39, 0.29) is 5.78 Å². The van der Waals surface area contributed by atoms with E-state index < -0.39 is 6.04 Å². The minimum absolute atomic E-state index is 0.113. The summed E-state index contributed by atoms with van der Waals surface area (Å²) in [6.07, 6.45) is 0. The van der Waals surface area contributed by atoms with Gasteiger partial charge in [-0.2, -0.15) is 0 Å². The molecule has 4 heteroatoms. The van der Waals surface area contributed by atoms with Gasteiger partial charge in [-0.05, 0) is 30.5 Å². The summed E-state index contributed by atoms with van der Waals surface area (Å²) in [5.41, 5.74) is 7.55. The molecule has 0 aliphatic heterocycles. The summed E-state index contributed by atoms with van der Waals surface area (Å²) in [6, 6.07) is 8.65. The van der Waals surface area contributed by atoms with E-state index in [1.54, 1.807) is 13.2 Å². The highest BCUT2D eigenvalue weighted by Crippen LogP contribution is 2.26. The molecule has 2 N–H and O–H groups in total. The second-order valence-corrected chi connectivity index (χ2v) is 5.04. The number of ketones is 1. The van der Waals surface area contributed by atoms with Crippen molar-refractivity contribution in [2.24, 2.45) is 5.73 Å². The number of benzene rings is 1. The average molecular weight is 261 g/mol. The summed E-state index contributed by atoms with van der Waals surface area (Å²) in [5.74, 6) is 0.454. The first-order valence-electron chi connectivity index (χ1n) is 5.61. The first-order chi connectivity index (χ1) is 8.63. The molecule has 0 saturated heterocycles. The van der Waals surface area contributed by atoms with Crippen LogP contribution < -0.4 is 10.5 Å². The summed E-state index contributed by atoms with van der Waals surface area (Å²) < 4.78 is 5.22. The van der Waals surface area contributed by atoms with Crippen LogP contribution in [0, 0.1) is 6.92 Å². The van der Waals surface area contributed by atoms with E-state index in [0.29, 0.717) is 11.3 Å². The van der Waals surface area contributed by atoms with Crippen LogP contribution >= 0.6 is 11.3 Å². The highest BCUT2D eigenvalue weighted by molar-refractivity contribution is 7.10. The Hall–Kier alpha value is -1.65. The van der Waals surface area contributed by atoms with Gasteiger partial charge in [-0.1, -0.05) is 17.7 Å². The van der Waals surface area contributed by atoms with Gasteiger partial charge in [-0.3, -0.25) is 4.79 Å². The Morgan fingerprint density at radius 1 is 1.39 bits per heavy atom. The van der Waals surface area contributed by atoms with Crippen LogP contribution in [-0.2, 0) is 0 Å². The van der Waals surface area contributed by atoms with Crippen LogP contribution in [0.2, 0.25) is 0 Å². The van der Waals surface area contributed by atoms with Gasteiger partial charge in [0.2, 0.25) is 0 Å². The number of rotatable bonds is 4. The molecule has 0 saturated carbocycles. The van der Waals surface area contributed by atoms with Gasteiger partial charge in [0, 0.05) is 4.88 Å². The lowest BCUT2D eigenvalue weighted by atomic mass is 10.0. The number of aryl methyl sites for hydroxylation is 1. The molecule has 1 heterocycles. The SMILES string of the molecule is COc1ccc(C)cc1C(=O)C(N)c1cccs1. The fourth-order valence-electron chi connectivity index (χ4n) is 1.78. The lowest BCUT2D eigenvalue weighted by molar-refractivity contribution is 0.0959. The normalized spacial score (nSPS) is 12.2. The van der Waals surface area contributed by atoms with Crippen LogP contribution in [-0.4, -0.2) is 12.9 Å². The van der Waals surface area contributed by atoms with Crippen molar-refractivity contribution in [2.45, 2.75) is 13.0 Å². The van der Waals surface area contributed by atoms with Crippen molar-refractivity contribution in [3.05, 3.63) is 51.7 Å². The second kappa shape index (κ2) is 5.33. The van der Waals surface area contributed by atoms with Crippen molar-refractivity contribution in [3.8, 4) is 5.75 Å². The maximum atomic E-state index is 12.4. The Labute approximate surface area is 110 Å². The van der Waals surface area contributed by atoms with Crippen LogP contribution in [0.3, 0.4) is 0 Å². The molecule has 18 heavy (non-hydrogen) atoms. The van der Waals surface area contributed by atoms with Crippen molar-refractivity contribution in [2.75, 3.05) is 7.11 Å². The molecule has 0 radical (unpaired) electrons. The number of carbonyl (C=O) groups is 1. The molecule has 2 aromatic rings. The molecule has 0 bridgehead atoms. The summed E-state index contributed by atoms with van der Waals surface area (Å²) in [7, 11) is 1.55. The summed E-state index contributed by atoms with van der Waals surface area (Å²) in [4.78, 5) is 13.2. The topological polar surface area (TPSA) is 52.3 Å². The largest absolute Gasteiger partial charge is 0.496 e. The molecule has 0 fully saturated rings. The fourth-order valence-corrected chi connectivity index (χ4v) is 2.50. The van der Waals surface area contributed by atoms with E-state index in [1.807, 2.05) is 36.6 Å². The molecular weight excluding hydrogens is 246 g/mol. The Morgan fingerprint density at radius 2 is 2.17 bits per heavy atom. The van der Waals surface area contributed by atoms with Crippen LogP contribution in [0.4, 0.5) is 0 Å². The third-order valence-corrected chi connectivity index (χ3v) is 3.71. The van der Waals surface area contributed by atoms with Gasteiger partial charge in [0.15, 0.2) is 5.78 Å². The average Bonchev–Trinajstić information content (AvgIpc) is 2.90. The van der Waals surface area contributed by atoms with Gasteiger partial charge in [0.05, 0.1) is 12.7 Å². The predicted molar refractivity (Wildman–Crippen MR) is 73.3 cm³/mol. The van der Waals surface area contributed by atoms with Crippen molar-refractivity contribution in [3.63, 3.8) is 0 Å². The predicted octanol–water partition coefficient (Wildman–Crippen LogP) is 2.95. The molecule has 1 aromatic carbocycles. The summed E-state index contributed by atoms with van der Waals surface area (Å²) in [5, 5.41) is 1.91. The Kier molecular flexibility index (Phi) is 3.79. The smallest absolute Gasteiger partial charge is 0.188 e. The number of thiophene rings is 1. The molecule has 0 aliphatic carbocycles. The molecule has 94 valence electrons. The monoisotopic (exact) mass is 261 g/mol. The Bertz CT molecular complexity index is 549. The van der Waals surface area contributed by atoms with E-state index in [2.05, 4.69) is 0 Å². The standard InChI is InChI=1S/C14H15NO2S/c1-9-5-6-11(17-2)10(8-9)14(16)13(15)12-4-3-7-18-12/h3-8,13H,15H2,1-2H3. The number of carbonyl (C=O) groups excluding carboxylic acids is 1. The lowest BCUT2D eigenvalue weighted by Gasteiger charge is -2.12. The van der Waals surface area contributed by atoms with E-state index >= 15 is 0 Å². The highest BCUT2D eigenvalue weighted by atomic mass is 32.1. The summed E-state index contributed by atoms with van der Waals surface area (Å²) >= 11 is 1.49. The number of hydrogen-bond acceptors (Lipinski definition) is 4. The number of ether oxygens (including phenoxy) is 1. The summed E-state index contributed by atoms with van der Waals surface area (Å²) in [6.45, 7) is 1.94. The highest BCUT2D eigenvalue weighted by Gasteiger charge is 2.21. The molecular formula is C14H15NO2S. The zero-order valence-electron chi connectivity index (χ0n) is 10.3. The Balaban J connectivity index is 2.36. The third kappa shape index (κ3) is 2.44. The van der Waals surface area contributed by atoms with Gasteiger partial charge in [0.1, 0.15) is 11.8 Å². The third-order valence-electron chi connectivity index (χ3n) is 2.75. The van der Waals surface area contributed by atoms with Crippen molar-refractivity contribution < 1.29 is 9.53 Å². The molecule has 0 aliphatic rings. The van der Waals surface area contributed by atoms with E-state index in [9.17, 15) is 4.79 Å². The quantitative estimate of drug-likeness (QED) is 0.861. The van der Waals surface area contributed by atoms with Crippen molar-refractivity contribution in [1.29, 1.82) is 0 Å². The van der Waals surface area contributed by atoms with Crippen LogP contribution in [0.5, 0.6) is 5.75 Å². The molecule has 1 atom stereocenters. The van der Waals surface area contributed by atoms with Crippen LogP contribution in [0.25, 0.3) is 0 Å². The van der Waals surface area contributed by atoms with Gasteiger partial charge >= 0.3 is 0 Å². The van der Waals surface area contributed by atoms with Gasteiger partial charge < -0.3 is 10.5 Å². The van der Waals surface area contributed by atoms with Crippen molar-refractivity contribution in [1.82, 2.24) is 0 Å². The van der Waals surface area contributed by atoms with Crippen molar-refractivity contribution >= 4 is 17.1 Å². The molecule has 0 spiro atoms. The molecule has 2 rings (SSSR count). The van der Waals surface area contributed by atoms with E-state index in [1.165, 1.54) is 11.3 Å².